The van der Waals surface area contributed by atoms with Gasteiger partial charge in [-0.25, -0.2) is 8.78 Å². The molecule has 0 aromatic heterocycles. The second-order valence-corrected chi connectivity index (χ2v) is 5.67. The number of hydrogen-bond donors (Lipinski definition) is 0. The first-order chi connectivity index (χ1) is 10.2. The van der Waals surface area contributed by atoms with E-state index in [0.29, 0.717) is 18.2 Å². The molecule has 0 amide bonds. The minimum Gasteiger partial charge on any atom is -0.296 e. The molecule has 1 heterocycles. The molecule has 1 aliphatic heterocycles. The molecule has 21 heavy (non-hydrogen) atoms. The minimum absolute atomic E-state index is 0.412. The first kappa shape index (κ1) is 14.2. The number of hydrogen-bond acceptors (Lipinski definition) is 1. The summed E-state index contributed by atoms with van der Waals surface area (Å²) < 4.78 is 27.1. The van der Waals surface area contributed by atoms with Crippen molar-refractivity contribution in [3.8, 4) is 0 Å². The van der Waals surface area contributed by atoms with Crippen LogP contribution in [0.1, 0.15) is 24.0 Å². The second kappa shape index (κ2) is 6.35. The third-order valence-corrected chi connectivity index (χ3v) is 4.22. The summed E-state index contributed by atoms with van der Waals surface area (Å²) in [5.41, 5.74) is 1.75. The van der Waals surface area contributed by atoms with E-state index in [4.69, 9.17) is 0 Å². The van der Waals surface area contributed by atoms with Gasteiger partial charge in [-0.15, -0.1) is 0 Å². The number of rotatable bonds is 4. The van der Waals surface area contributed by atoms with Crippen LogP contribution in [0.3, 0.4) is 0 Å². The van der Waals surface area contributed by atoms with Gasteiger partial charge < -0.3 is 0 Å². The van der Waals surface area contributed by atoms with Gasteiger partial charge in [-0.05, 0) is 37.4 Å². The number of halogens is 2. The van der Waals surface area contributed by atoms with Gasteiger partial charge in [0.05, 0.1) is 0 Å². The lowest BCUT2D eigenvalue weighted by atomic mass is 10.0. The third kappa shape index (κ3) is 3.30. The van der Waals surface area contributed by atoms with Crippen LogP contribution in [0.15, 0.2) is 48.5 Å². The van der Waals surface area contributed by atoms with Crippen LogP contribution in [0.2, 0.25) is 0 Å². The normalized spacial score (nSPS) is 19.0. The smallest absolute Gasteiger partial charge is 0.163 e. The van der Waals surface area contributed by atoms with Crippen molar-refractivity contribution < 1.29 is 8.78 Å². The Bertz CT molecular complexity index is 597. The SMILES string of the molecule is Fc1cccc(CN2CCCC2Cc2ccccc2)c1F. The standard InChI is InChI=1S/C18H19F2N/c19-17-10-4-8-15(18(17)20)13-21-11-5-9-16(21)12-14-6-2-1-3-7-14/h1-4,6-8,10,16H,5,9,11-13H2. The highest BCUT2D eigenvalue weighted by Gasteiger charge is 2.25. The van der Waals surface area contributed by atoms with Crippen LogP contribution >= 0.6 is 0 Å². The highest BCUT2D eigenvalue weighted by atomic mass is 19.2. The monoisotopic (exact) mass is 287 g/mol. The molecule has 3 rings (SSSR count). The third-order valence-electron chi connectivity index (χ3n) is 4.22. The van der Waals surface area contributed by atoms with Gasteiger partial charge in [0.25, 0.3) is 0 Å². The molecule has 0 radical (unpaired) electrons. The summed E-state index contributed by atoms with van der Waals surface area (Å²) in [7, 11) is 0. The summed E-state index contributed by atoms with van der Waals surface area (Å²) in [6.45, 7) is 1.44. The maximum Gasteiger partial charge on any atom is 0.163 e. The van der Waals surface area contributed by atoms with Crippen molar-refractivity contribution in [2.75, 3.05) is 6.54 Å². The molecule has 110 valence electrons. The van der Waals surface area contributed by atoms with E-state index < -0.39 is 11.6 Å². The zero-order chi connectivity index (χ0) is 14.7. The van der Waals surface area contributed by atoms with Crippen molar-refractivity contribution in [1.82, 2.24) is 4.90 Å². The Labute approximate surface area is 124 Å². The Kier molecular flexibility index (Phi) is 4.30. The lowest BCUT2D eigenvalue weighted by Gasteiger charge is -2.25. The maximum absolute atomic E-state index is 13.8. The van der Waals surface area contributed by atoms with Crippen LogP contribution in [0.5, 0.6) is 0 Å². The van der Waals surface area contributed by atoms with Crippen LogP contribution in [-0.2, 0) is 13.0 Å². The van der Waals surface area contributed by atoms with Crippen molar-refractivity contribution in [2.24, 2.45) is 0 Å². The molecule has 0 bridgehead atoms. The number of nitrogens with zero attached hydrogens (tertiary/aromatic N) is 1. The molecule has 0 aliphatic carbocycles. The first-order valence-corrected chi connectivity index (χ1v) is 7.45. The van der Waals surface area contributed by atoms with Crippen LogP contribution < -0.4 is 0 Å². The molecular formula is C18H19F2N. The second-order valence-electron chi connectivity index (χ2n) is 5.67. The average Bonchev–Trinajstić information content (AvgIpc) is 2.92. The Morgan fingerprint density at radius 1 is 1.00 bits per heavy atom. The van der Waals surface area contributed by atoms with Crippen LogP contribution in [-0.4, -0.2) is 17.5 Å². The fourth-order valence-corrected chi connectivity index (χ4v) is 3.11. The van der Waals surface area contributed by atoms with E-state index >= 15 is 0 Å². The molecule has 0 N–H and O–H groups in total. The summed E-state index contributed by atoms with van der Waals surface area (Å²) >= 11 is 0. The van der Waals surface area contributed by atoms with Crippen LogP contribution in [0.25, 0.3) is 0 Å². The van der Waals surface area contributed by atoms with Crippen molar-refractivity contribution in [3.63, 3.8) is 0 Å². The summed E-state index contributed by atoms with van der Waals surface area (Å²) in [6, 6.07) is 15.2. The van der Waals surface area contributed by atoms with Gasteiger partial charge in [-0.3, -0.25) is 4.90 Å². The topological polar surface area (TPSA) is 3.24 Å². The van der Waals surface area contributed by atoms with Gasteiger partial charge in [-0.2, -0.15) is 0 Å². The van der Waals surface area contributed by atoms with Crippen LogP contribution in [0.4, 0.5) is 8.78 Å². The lowest BCUT2D eigenvalue weighted by Crippen LogP contribution is -2.31. The summed E-state index contributed by atoms with van der Waals surface area (Å²) in [6.07, 6.45) is 3.21. The molecule has 3 heteroatoms. The van der Waals surface area contributed by atoms with E-state index in [2.05, 4.69) is 17.0 Å². The molecule has 0 spiro atoms. The Hall–Kier alpha value is -1.74. The highest BCUT2D eigenvalue weighted by Crippen LogP contribution is 2.24. The van der Waals surface area contributed by atoms with Crippen molar-refractivity contribution in [2.45, 2.75) is 31.8 Å². The van der Waals surface area contributed by atoms with E-state index in [1.807, 2.05) is 18.2 Å². The fraction of sp³-hybridized carbons (Fsp3) is 0.333. The van der Waals surface area contributed by atoms with Gasteiger partial charge in [0.2, 0.25) is 0 Å². The molecule has 2 aromatic carbocycles. The number of benzene rings is 2. The Morgan fingerprint density at radius 3 is 2.62 bits per heavy atom. The van der Waals surface area contributed by atoms with E-state index in [1.54, 1.807) is 12.1 Å². The predicted molar refractivity (Wildman–Crippen MR) is 79.9 cm³/mol. The Morgan fingerprint density at radius 2 is 1.81 bits per heavy atom. The summed E-state index contributed by atoms with van der Waals surface area (Å²) in [4.78, 5) is 2.27. The van der Waals surface area contributed by atoms with Gasteiger partial charge in [0, 0.05) is 18.2 Å². The Balaban J connectivity index is 1.71. The quantitative estimate of drug-likeness (QED) is 0.815. The molecule has 1 atom stereocenters. The van der Waals surface area contributed by atoms with Gasteiger partial charge in [-0.1, -0.05) is 42.5 Å². The lowest BCUT2D eigenvalue weighted by molar-refractivity contribution is 0.239. The molecule has 1 fully saturated rings. The van der Waals surface area contributed by atoms with E-state index in [-0.39, 0.29) is 0 Å². The number of likely N-dealkylation sites (tertiary alicyclic amines) is 1. The summed E-state index contributed by atoms with van der Waals surface area (Å²) in [5.74, 6) is -1.46. The average molecular weight is 287 g/mol. The van der Waals surface area contributed by atoms with E-state index in [9.17, 15) is 8.78 Å². The zero-order valence-corrected chi connectivity index (χ0v) is 11.9. The fourth-order valence-electron chi connectivity index (χ4n) is 3.11. The minimum atomic E-state index is -0.758. The first-order valence-electron chi connectivity index (χ1n) is 7.45. The maximum atomic E-state index is 13.8. The van der Waals surface area contributed by atoms with Crippen molar-refractivity contribution in [1.29, 1.82) is 0 Å². The zero-order valence-electron chi connectivity index (χ0n) is 11.9. The van der Waals surface area contributed by atoms with E-state index in [0.717, 1.165) is 25.8 Å². The molecule has 1 nitrogen and oxygen atoms in total. The van der Waals surface area contributed by atoms with Crippen molar-refractivity contribution in [3.05, 3.63) is 71.3 Å². The van der Waals surface area contributed by atoms with Gasteiger partial charge in [0.1, 0.15) is 0 Å². The molecule has 1 aliphatic rings. The molecule has 2 aromatic rings. The largest absolute Gasteiger partial charge is 0.296 e. The highest BCUT2D eigenvalue weighted by molar-refractivity contribution is 5.20. The summed E-state index contributed by atoms with van der Waals surface area (Å²) in [5, 5.41) is 0. The molecule has 0 saturated carbocycles. The van der Waals surface area contributed by atoms with Gasteiger partial charge >= 0.3 is 0 Å². The van der Waals surface area contributed by atoms with E-state index in [1.165, 1.54) is 11.6 Å². The molecular weight excluding hydrogens is 268 g/mol. The van der Waals surface area contributed by atoms with Crippen LogP contribution in [0, 0.1) is 11.6 Å². The predicted octanol–water partition coefficient (Wildman–Crippen LogP) is 4.17. The molecule has 1 unspecified atom stereocenters. The van der Waals surface area contributed by atoms with Gasteiger partial charge in [0.15, 0.2) is 11.6 Å². The van der Waals surface area contributed by atoms with Crippen molar-refractivity contribution >= 4 is 0 Å². The molecule has 1 saturated heterocycles.